The number of nitrogens with zero attached hydrogens (tertiary/aromatic N) is 2. The molecule has 116 valence electrons. The molecule has 1 unspecified atom stereocenters. The molecule has 0 amide bonds. The van der Waals surface area contributed by atoms with E-state index in [1.807, 2.05) is 0 Å². The van der Waals surface area contributed by atoms with Crippen LogP contribution in [0.4, 0.5) is 0 Å². The van der Waals surface area contributed by atoms with Crippen LogP contribution in [0.1, 0.15) is 25.8 Å². The molecule has 0 heterocycles. The zero-order chi connectivity index (χ0) is 15.7. The Morgan fingerprint density at radius 1 is 1.33 bits per heavy atom. The topological polar surface area (TPSA) is 76.7 Å². The van der Waals surface area contributed by atoms with Gasteiger partial charge in [-0.15, -0.1) is 0 Å². The fourth-order valence-corrected chi connectivity index (χ4v) is 2.03. The van der Waals surface area contributed by atoms with E-state index in [0.717, 1.165) is 6.54 Å². The summed E-state index contributed by atoms with van der Waals surface area (Å²) in [6.45, 7) is 5.60. The first-order valence-electron chi connectivity index (χ1n) is 7.23. The SMILES string of the molecule is CC(C)N(CCCO)CC(O)COc1ccccc1C#N. The first-order chi connectivity index (χ1) is 10.1. The van der Waals surface area contributed by atoms with Crippen molar-refractivity contribution in [3.8, 4) is 11.8 Å². The van der Waals surface area contributed by atoms with Crippen molar-refractivity contribution >= 4 is 0 Å². The molecule has 0 aliphatic carbocycles. The van der Waals surface area contributed by atoms with Crippen LogP contribution in [0.3, 0.4) is 0 Å². The molecule has 0 aliphatic heterocycles. The maximum atomic E-state index is 10.1. The van der Waals surface area contributed by atoms with E-state index in [1.165, 1.54) is 0 Å². The number of ether oxygens (including phenoxy) is 1. The Balaban J connectivity index is 2.49. The van der Waals surface area contributed by atoms with Crippen LogP contribution < -0.4 is 4.74 Å². The molecule has 0 saturated heterocycles. The summed E-state index contributed by atoms with van der Waals surface area (Å²) in [7, 11) is 0. The van der Waals surface area contributed by atoms with E-state index in [4.69, 9.17) is 15.1 Å². The Bertz CT molecular complexity index is 457. The average Bonchev–Trinajstić information content (AvgIpc) is 2.49. The minimum Gasteiger partial charge on any atom is -0.489 e. The second-order valence-electron chi connectivity index (χ2n) is 5.24. The molecule has 5 heteroatoms. The molecule has 0 aliphatic rings. The quantitative estimate of drug-likeness (QED) is 0.719. The number of hydrogen-bond acceptors (Lipinski definition) is 5. The van der Waals surface area contributed by atoms with Gasteiger partial charge in [-0.1, -0.05) is 12.1 Å². The Morgan fingerprint density at radius 2 is 2.05 bits per heavy atom. The van der Waals surface area contributed by atoms with E-state index in [9.17, 15) is 5.11 Å². The molecular weight excluding hydrogens is 268 g/mol. The van der Waals surface area contributed by atoms with E-state index < -0.39 is 6.10 Å². The third kappa shape index (κ3) is 6.13. The fourth-order valence-electron chi connectivity index (χ4n) is 2.03. The highest BCUT2D eigenvalue weighted by Gasteiger charge is 2.15. The van der Waals surface area contributed by atoms with Gasteiger partial charge >= 0.3 is 0 Å². The van der Waals surface area contributed by atoms with E-state index in [-0.39, 0.29) is 19.3 Å². The summed E-state index contributed by atoms with van der Waals surface area (Å²) in [6.07, 6.45) is 0.0427. The molecule has 0 spiro atoms. The molecule has 1 rings (SSSR count). The number of aliphatic hydroxyl groups excluding tert-OH is 2. The largest absolute Gasteiger partial charge is 0.489 e. The van der Waals surface area contributed by atoms with E-state index in [0.29, 0.717) is 24.3 Å². The lowest BCUT2D eigenvalue weighted by molar-refractivity contribution is 0.0548. The van der Waals surface area contributed by atoms with Gasteiger partial charge in [-0.2, -0.15) is 5.26 Å². The number of aliphatic hydroxyl groups is 2. The van der Waals surface area contributed by atoms with Crippen LogP contribution in [0.2, 0.25) is 0 Å². The minimum atomic E-state index is -0.641. The first-order valence-corrected chi connectivity index (χ1v) is 7.23. The predicted molar refractivity (Wildman–Crippen MR) is 81.1 cm³/mol. The zero-order valence-corrected chi connectivity index (χ0v) is 12.7. The number of rotatable bonds is 9. The van der Waals surface area contributed by atoms with E-state index in [1.54, 1.807) is 24.3 Å². The van der Waals surface area contributed by atoms with Crippen molar-refractivity contribution in [2.24, 2.45) is 0 Å². The van der Waals surface area contributed by atoms with Gasteiger partial charge in [0.15, 0.2) is 0 Å². The summed E-state index contributed by atoms with van der Waals surface area (Å²) in [4.78, 5) is 2.10. The lowest BCUT2D eigenvalue weighted by Crippen LogP contribution is -2.40. The normalized spacial score (nSPS) is 12.4. The predicted octanol–water partition coefficient (Wildman–Crippen LogP) is 1.39. The van der Waals surface area contributed by atoms with Gasteiger partial charge in [0.05, 0.1) is 5.56 Å². The van der Waals surface area contributed by atoms with Crippen LogP contribution >= 0.6 is 0 Å². The van der Waals surface area contributed by atoms with E-state index in [2.05, 4.69) is 24.8 Å². The molecule has 1 atom stereocenters. The maximum Gasteiger partial charge on any atom is 0.137 e. The minimum absolute atomic E-state index is 0.140. The summed E-state index contributed by atoms with van der Waals surface area (Å²) in [5, 5.41) is 28.0. The molecule has 5 nitrogen and oxygen atoms in total. The molecule has 0 aromatic heterocycles. The summed E-state index contributed by atoms with van der Waals surface area (Å²) in [6, 6.07) is 9.33. The molecule has 21 heavy (non-hydrogen) atoms. The molecule has 1 aromatic carbocycles. The van der Waals surface area contributed by atoms with Crippen LogP contribution in [-0.4, -0.2) is 53.6 Å². The maximum absolute atomic E-state index is 10.1. The first kappa shape index (κ1) is 17.4. The number of para-hydroxylation sites is 1. The Morgan fingerprint density at radius 3 is 2.67 bits per heavy atom. The van der Waals surface area contributed by atoms with Crippen LogP contribution in [0.25, 0.3) is 0 Å². The van der Waals surface area contributed by atoms with Crippen LogP contribution in [0.15, 0.2) is 24.3 Å². The lowest BCUT2D eigenvalue weighted by Gasteiger charge is -2.28. The van der Waals surface area contributed by atoms with Crippen molar-refractivity contribution in [3.63, 3.8) is 0 Å². The third-order valence-electron chi connectivity index (χ3n) is 3.22. The number of nitriles is 1. The third-order valence-corrected chi connectivity index (χ3v) is 3.22. The summed E-state index contributed by atoms with van der Waals surface area (Å²) in [5.74, 6) is 0.491. The lowest BCUT2D eigenvalue weighted by atomic mass is 10.2. The van der Waals surface area contributed by atoms with Crippen molar-refractivity contribution in [2.45, 2.75) is 32.4 Å². The molecule has 2 N–H and O–H groups in total. The van der Waals surface area contributed by atoms with Gasteiger partial charge in [0.25, 0.3) is 0 Å². The summed E-state index contributed by atoms with van der Waals surface area (Å²) >= 11 is 0. The van der Waals surface area contributed by atoms with Gasteiger partial charge in [-0.3, -0.25) is 4.90 Å². The zero-order valence-electron chi connectivity index (χ0n) is 12.7. The molecule has 0 bridgehead atoms. The second-order valence-corrected chi connectivity index (χ2v) is 5.24. The highest BCUT2D eigenvalue weighted by Crippen LogP contribution is 2.16. The molecule has 0 fully saturated rings. The van der Waals surface area contributed by atoms with Crippen molar-refractivity contribution in [2.75, 3.05) is 26.3 Å². The van der Waals surface area contributed by atoms with Gasteiger partial charge in [-0.05, 0) is 32.4 Å². The van der Waals surface area contributed by atoms with Gasteiger partial charge in [0.1, 0.15) is 24.5 Å². The summed E-state index contributed by atoms with van der Waals surface area (Å²) in [5.41, 5.74) is 0.464. The van der Waals surface area contributed by atoms with Crippen LogP contribution in [-0.2, 0) is 0 Å². The molecule has 0 radical (unpaired) electrons. The highest BCUT2D eigenvalue weighted by atomic mass is 16.5. The van der Waals surface area contributed by atoms with Crippen LogP contribution in [0, 0.1) is 11.3 Å². The summed E-state index contributed by atoms with van der Waals surface area (Å²) < 4.78 is 5.53. The monoisotopic (exact) mass is 292 g/mol. The average molecular weight is 292 g/mol. The van der Waals surface area contributed by atoms with Crippen molar-refractivity contribution in [1.82, 2.24) is 4.90 Å². The van der Waals surface area contributed by atoms with E-state index >= 15 is 0 Å². The van der Waals surface area contributed by atoms with Crippen molar-refractivity contribution < 1.29 is 14.9 Å². The number of benzene rings is 1. The number of hydrogen-bond donors (Lipinski definition) is 2. The van der Waals surface area contributed by atoms with Crippen molar-refractivity contribution in [3.05, 3.63) is 29.8 Å². The molecule has 1 aromatic rings. The van der Waals surface area contributed by atoms with Gasteiger partial charge in [-0.25, -0.2) is 0 Å². The van der Waals surface area contributed by atoms with Crippen LogP contribution in [0.5, 0.6) is 5.75 Å². The fraction of sp³-hybridized carbons (Fsp3) is 0.562. The Kier molecular flexibility index (Phi) is 7.76. The Labute approximate surface area is 126 Å². The standard InChI is InChI=1S/C16H24N2O3/c1-13(2)18(8-5-9-19)11-15(20)12-21-16-7-4-3-6-14(16)10-17/h3-4,6-7,13,15,19-20H,5,8-9,11-12H2,1-2H3. The molecular formula is C16H24N2O3. The van der Waals surface area contributed by atoms with Crippen molar-refractivity contribution in [1.29, 1.82) is 5.26 Å². The smallest absolute Gasteiger partial charge is 0.137 e. The van der Waals surface area contributed by atoms with Gasteiger partial charge < -0.3 is 14.9 Å². The second kappa shape index (κ2) is 9.35. The van der Waals surface area contributed by atoms with Gasteiger partial charge in [0, 0.05) is 25.7 Å². The molecule has 0 saturated carbocycles. The van der Waals surface area contributed by atoms with Gasteiger partial charge in [0.2, 0.25) is 0 Å². The Hall–Kier alpha value is -1.61. The highest BCUT2D eigenvalue weighted by molar-refractivity contribution is 5.42.